The van der Waals surface area contributed by atoms with Gasteiger partial charge in [-0.2, -0.15) is 0 Å². The lowest BCUT2D eigenvalue weighted by Crippen LogP contribution is -2.23. The number of carbonyl (C=O) groups excluding carboxylic acids is 1. The van der Waals surface area contributed by atoms with E-state index in [2.05, 4.69) is 59.8 Å². The maximum Gasteiger partial charge on any atom is 0.230 e. The van der Waals surface area contributed by atoms with Crippen molar-refractivity contribution in [1.29, 1.82) is 0 Å². The Morgan fingerprint density at radius 2 is 1.78 bits per heavy atom. The Hall–Kier alpha value is -1.82. The minimum Gasteiger partial charge on any atom is -0.369 e. The summed E-state index contributed by atoms with van der Waals surface area (Å²) in [5.41, 5.74) is 7.96. The van der Waals surface area contributed by atoms with E-state index in [4.69, 9.17) is 5.73 Å². The van der Waals surface area contributed by atoms with E-state index in [-0.39, 0.29) is 16.6 Å². The average molecular weight is 387 g/mol. The second-order valence-electron chi connectivity index (χ2n) is 8.46. The van der Waals surface area contributed by atoms with Crippen LogP contribution in [0.25, 0.3) is 11.4 Å². The Morgan fingerprint density at radius 1 is 1.15 bits per heavy atom. The Kier molecular flexibility index (Phi) is 5.94. The molecule has 0 aliphatic heterocycles. The van der Waals surface area contributed by atoms with Gasteiger partial charge in [0, 0.05) is 11.6 Å². The molecule has 6 heteroatoms. The van der Waals surface area contributed by atoms with Crippen LogP contribution in [0.5, 0.6) is 0 Å². The quantitative estimate of drug-likeness (QED) is 0.755. The first kappa shape index (κ1) is 19.9. The predicted octanol–water partition coefficient (Wildman–Crippen LogP) is 4.71. The highest BCUT2D eigenvalue weighted by molar-refractivity contribution is 8.00. The lowest BCUT2D eigenvalue weighted by molar-refractivity contribution is -0.117. The van der Waals surface area contributed by atoms with Crippen LogP contribution in [-0.2, 0) is 10.2 Å². The van der Waals surface area contributed by atoms with Crippen molar-refractivity contribution in [3.8, 4) is 11.4 Å². The van der Waals surface area contributed by atoms with E-state index in [0.717, 1.165) is 29.4 Å². The van der Waals surface area contributed by atoms with Gasteiger partial charge in [0.1, 0.15) is 0 Å². The molecule has 3 rings (SSSR count). The summed E-state index contributed by atoms with van der Waals surface area (Å²) >= 11 is 1.41. The first-order valence-corrected chi connectivity index (χ1v) is 10.7. The van der Waals surface area contributed by atoms with Crippen LogP contribution in [0.1, 0.15) is 71.4 Å². The van der Waals surface area contributed by atoms with Gasteiger partial charge >= 0.3 is 0 Å². The highest BCUT2D eigenvalue weighted by Gasteiger charge is 2.26. The van der Waals surface area contributed by atoms with E-state index in [0.29, 0.717) is 6.04 Å². The summed E-state index contributed by atoms with van der Waals surface area (Å²) in [5, 5.41) is 9.40. The second-order valence-corrected chi connectivity index (χ2v) is 9.77. The fraction of sp³-hybridized carbons (Fsp3) is 0.571. The fourth-order valence-corrected chi connectivity index (χ4v) is 4.43. The first-order valence-electron chi connectivity index (χ1n) is 9.79. The molecule has 2 N–H and O–H groups in total. The molecule has 0 radical (unpaired) electrons. The maximum atomic E-state index is 11.5. The van der Waals surface area contributed by atoms with Crippen molar-refractivity contribution in [2.45, 2.75) is 81.7 Å². The Balaban J connectivity index is 1.99. The predicted molar refractivity (Wildman–Crippen MR) is 111 cm³/mol. The number of thioether (sulfide) groups is 1. The Bertz CT molecular complexity index is 786. The summed E-state index contributed by atoms with van der Waals surface area (Å²) < 4.78 is 2.25. The van der Waals surface area contributed by atoms with Crippen LogP contribution >= 0.6 is 11.8 Å². The summed E-state index contributed by atoms with van der Waals surface area (Å²) in [6.07, 6.45) is 5.99. The molecule has 2 aromatic rings. The summed E-state index contributed by atoms with van der Waals surface area (Å²) in [4.78, 5) is 11.5. The number of primary amides is 1. The van der Waals surface area contributed by atoms with E-state index in [1.54, 1.807) is 0 Å². The summed E-state index contributed by atoms with van der Waals surface area (Å²) in [6, 6.07) is 9.00. The van der Waals surface area contributed by atoms with Crippen LogP contribution in [-0.4, -0.2) is 25.9 Å². The van der Waals surface area contributed by atoms with Crippen LogP contribution in [0, 0.1) is 0 Å². The van der Waals surface area contributed by atoms with E-state index in [1.807, 2.05) is 6.92 Å². The van der Waals surface area contributed by atoms with Gasteiger partial charge in [-0.1, -0.05) is 76.1 Å². The van der Waals surface area contributed by atoms with Crippen molar-refractivity contribution in [2.24, 2.45) is 5.73 Å². The number of nitrogens with two attached hydrogens (primary N) is 1. The van der Waals surface area contributed by atoms with Crippen molar-refractivity contribution >= 4 is 17.7 Å². The molecule has 1 saturated carbocycles. The number of aromatic nitrogens is 3. The molecule has 1 unspecified atom stereocenters. The zero-order chi connectivity index (χ0) is 19.6. The van der Waals surface area contributed by atoms with Gasteiger partial charge in [0.25, 0.3) is 0 Å². The average Bonchev–Trinajstić information content (AvgIpc) is 3.05. The van der Waals surface area contributed by atoms with E-state index in [1.165, 1.54) is 36.6 Å². The van der Waals surface area contributed by atoms with Crippen molar-refractivity contribution in [3.05, 3.63) is 29.8 Å². The molecule has 1 aromatic carbocycles. The summed E-state index contributed by atoms with van der Waals surface area (Å²) in [6.45, 7) is 8.47. The molecule has 1 aliphatic carbocycles. The molecule has 146 valence electrons. The minimum absolute atomic E-state index is 0.119. The number of hydrogen-bond acceptors (Lipinski definition) is 4. The number of rotatable bonds is 5. The van der Waals surface area contributed by atoms with Gasteiger partial charge in [0.2, 0.25) is 5.91 Å². The van der Waals surface area contributed by atoms with Crippen molar-refractivity contribution < 1.29 is 4.79 Å². The topological polar surface area (TPSA) is 73.8 Å². The van der Waals surface area contributed by atoms with Crippen LogP contribution in [0.15, 0.2) is 29.4 Å². The second kappa shape index (κ2) is 8.05. The van der Waals surface area contributed by atoms with E-state index in [9.17, 15) is 4.79 Å². The van der Waals surface area contributed by atoms with Gasteiger partial charge in [-0.15, -0.1) is 10.2 Å². The smallest absolute Gasteiger partial charge is 0.230 e. The van der Waals surface area contributed by atoms with E-state index < -0.39 is 0 Å². The lowest BCUT2D eigenvalue weighted by atomic mass is 9.86. The monoisotopic (exact) mass is 386 g/mol. The van der Waals surface area contributed by atoms with Crippen LogP contribution in [0.2, 0.25) is 0 Å². The molecule has 5 nitrogen and oxygen atoms in total. The lowest BCUT2D eigenvalue weighted by Gasteiger charge is -2.26. The van der Waals surface area contributed by atoms with Gasteiger partial charge in [0.05, 0.1) is 5.25 Å². The summed E-state index contributed by atoms with van der Waals surface area (Å²) in [5.74, 6) is 0.566. The third-order valence-corrected chi connectivity index (χ3v) is 6.37. The van der Waals surface area contributed by atoms with Crippen molar-refractivity contribution in [3.63, 3.8) is 0 Å². The van der Waals surface area contributed by atoms with Crippen LogP contribution in [0.4, 0.5) is 0 Å². The number of benzene rings is 1. The van der Waals surface area contributed by atoms with Gasteiger partial charge < -0.3 is 5.73 Å². The third kappa shape index (κ3) is 4.54. The highest BCUT2D eigenvalue weighted by Crippen LogP contribution is 2.37. The van der Waals surface area contributed by atoms with E-state index >= 15 is 0 Å². The Morgan fingerprint density at radius 3 is 2.33 bits per heavy atom. The summed E-state index contributed by atoms with van der Waals surface area (Å²) in [7, 11) is 0. The molecule has 1 fully saturated rings. The van der Waals surface area contributed by atoms with Crippen LogP contribution < -0.4 is 5.73 Å². The normalized spacial score (nSPS) is 17.0. The molecular formula is C21H30N4OS. The van der Waals surface area contributed by atoms with Crippen molar-refractivity contribution in [1.82, 2.24) is 14.8 Å². The van der Waals surface area contributed by atoms with Crippen LogP contribution in [0.3, 0.4) is 0 Å². The number of hydrogen-bond donors (Lipinski definition) is 1. The molecule has 0 spiro atoms. The molecule has 1 aliphatic rings. The molecule has 1 heterocycles. The molecule has 0 bridgehead atoms. The molecule has 1 aromatic heterocycles. The number of nitrogens with zero attached hydrogens (tertiary/aromatic N) is 3. The molecule has 0 saturated heterocycles. The fourth-order valence-electron chi connectivity index (χ4n) is 3.56. The van der Waals surface area contributed by atoms with Gasteiger partial charge in [-0.25, -0.2) is 0 Å². The molecule has 27 heavy (non-hydrogen) atoms. The first-order chi connectivity index (χ1) is 12.8. The van der Waals surface area contributed by atoms with Gasteiger partial charge in [-0.05, 0) is 30.7 Å². The Labute approximate surface area is 166 Å². The molecule has 1 atom stereocenters. The molecular weight excluding hydrogens is 356 g/mol. The SMILES string of the molecule is CC(Sc1nnc(-c2ccc(C(C)(C)C)cc2)n1C1CCCCC1)C(N)=O. The third-order valence-electron chi connectivity index (χ3n) is 5.30. The zero-order valence-corrected chi connectivity index (χ0v) is 17.6. The van der Waals surface area contributed by atoms with Gasteiger partial charge in [-0.3, -0.25) is 9.36 Å². The highest BCUT2D eigenvalue weighted by atomic mass is 32.2. The molecule has 1 amide bonds. The number of carbonyl (C=O) groups is 1. The minimum atomic E-state index is -0.326. The standard InChI is InChI=1S/C21H30N4OS/c1-14(18(22)26)27-20-24-23-19(25(20)17-8-6-5-7-9-17)15-10-12-16(13-11-15)21(2,3)4/h10-14,17H,5-9H2,1-4H3,(H2,22,26). The van der Waals surface area contributed by atoms with Gasteiger partial charge in [0.15, 0.2) is 11.0 Å². The number of amides is 1. The zero-order valence-electron chi connectivity index (χ0n) is 16.7. The largest absolute Gasteiger partial charge is 0.369 e. The van der Waals surface area contributed by atoms with Crippen molar-refractivity contribution in [2.75, 3.05) is 0 Å². The maximum absolute atomic E-state index is 11.5.